The van der Waals surface area contributed by atoms with E-state index in [1.807, 2.05) is 6.92 Å². The van der Waals surface area contributed by atoms with Crippen LogP contribution in [0.4, 0.5) is 0 Å². The third-order valence-electron chi connectivity index (χ3n) is 1.13. The summed E-state index contributed by atoms with van der Waals surface area (Å²) in [5, 5.41) is 5.90. The molecule has 70 valence electrons. The van der Waals surface area contributed by atoms with Crippen LogP contribution >= 0.6 is 8.03 Å². The van der Waals surface area contributed by atoms with Crippen LogP contribution < -0.4 is 0 Å². The Kier molecular flexibility index (Phi) is 11.9. The second kappa shape index (κ2) is 10.3. The molecule has 5 heteroatoms. The van der Waals surface area contributed by atoms with E-state index in [2.05, 4.69) is 6.58 Å². The van der Waals surface area contributed by atoms with E-state index in [9.17, 15) is 4.57 Å². The van der Waals surface area contributed by atoms with E-state index in [1.165, 1.54) is 0 Å². The highest BCUT2D eigenvalue weighted by molar-refractivity contribution is 7.43. The quantitative estimate of drug-likeness (QED) is 0.405. The molecule has 2 N–H and O–H groups in total. The fraction of sp³-hybridized carbons (Fsp3) is 0.571. The summed E-state index contributed by atoms with van der Waals surface area (Å²) in [6.45, 7) is 5.52. The van der Waals surface area contributed by atoms with Crippen molar-refractivity contribution < 1.29 is 14.3 Å². The molecule has 0 aromatic heterocycles. The summed E-state index contributed by atoms with van der Waals surface area (Å²) in [5.41, 5.74) is 0. The first-order valence-corrected chi connectivity index (χ1v) is 4.90. The molecule has 0 aliphatic rings. The molecular weight excluding hydrogens is 177 g/mol. The van der Waals surface area contributed by atoms with Gasteiger partial charge in [-0.3, -0.25) is 4.57 Å². The molecule has 0 heterocycles. The fourth-order valence-electron chi connectivity index (χ4n) is 0.497. The van der Waals surface area contributed by atoms with Gasteiger partial charge in [0.1, 0.15) is 0 Å². The van der Waals surface area contributed by atoms with Gasteiger partial charge in [-0.1, -0.05) is 19.9 Å². The minimum atomic E-state index is -2.43. The van der Waals surface area contributed by atoms with Gasteiger partial charge in [0.2, 0.25) is 14.1 Å². The smallest absolute Gasteiger partial charge is 0.231 e. The lowest BCUT2D eigenvalue weighted by atomic mass is 10.2. The first-order chi connectivity index (χ1) is 5.59. The van der Waals surface area contributed by atoms with Crippen molar-refractivity contribution in [2.24, 2.45) is 0 Å². The molecule has 0 saturated heterocycles. The molecule has 0 spiro atoms. The Labute approximate surface area is 72.7 Å². The van der Waals surface area contributed by atoms with Crippen LogP contribution in [0.25, 0.3) is 0 Å². The maximum Gasteiger partial charge on any atom is 0.231 e. The van der Waals surface area contributed by atoms with Crippen molar-refractivity contribution in [3.8, 4) is 0 Å². The van der Waals surface area contributed by atoms with Crippen LogP contribution in [0.1, 0.15) is 26.2 Å². The lowest BCUT2D eigenvalue weighted by Gasteiger charge is -1.96. The minimum absolute atomic E-state index is 0.502. The maximum absolute atomic E-state index is 10.3. The average molecular weight is 191 g/mol. The number of carbonyl (C=O) groups excluding carboxylic acids is 1. The third kappa shape index (κ3) is 12.0. The molecule has 0 radical (unpaired) electrons. The van der Waals surface area contributed by atoms with Gasteiger partial charge in [0.05, 0.1) is 0 Å². The normalized spacial score (nSPS) is 10.5. The molecular formula is C7H14NO3P. The van der Waals surface area contributed by atoms with E-state index in [0.717, 1.165) is 18.9 Å². The number of unbranched alkanes of at least 4 members (excludes halogenated alkanes) is 1. The van der Waals surface area contributed by atoms with Crippen molar-refractivity contribution in [3.05, 3.63) is 11.9 Å². The maximum atomic E-state index is 10.3. The zero-order valence-corrected chi connectivity index (χ0v) is 8.09. The van der Waals surface area contributed by atoms with Gasteiger partial charge in [-0.25, -0.2) is 10.2 Å². The zero-order chi connectivity index (χ0) is 9.98. The van der Waals surface area contributed by atoms with E-state index in [4.69, 9.17) is 15.1 Å². The number of rotatable bonds is 4. The van der Waals surface area contributed by atoms with E-state index in [1.54, 1.807) is 0 Å². The Bertz CT molecular complexity index is 185. The molecule has 0 amide bonds. The van der Waals surface area contributed by atoms with Crippen LogP contribution in [0.5, 0.6) is 0 Å². The summed E-state index contributed by atoms with van der Waals surface area (Å²) in [6, 6.07) is 0. The Morgan fingerprint density at radius 1 is 1.75 bits per heavy atom. The fourth-order valence-corrected chi connectivity index (χ4v) is 0.888. The lowest BCUT2D eigenvalue weighted by molar-refractivity contribution is 0.507. The van der Waals surface area contributed by atoms with Crippen LogP contribution in [-0.2, 0) is 9.36 Å². The van der Waals surface area contributed by atoms with Gasteiger partial charge in [-0.05, 0) is 12.8 Å². The Balaban J connectivity index is 0. The van der Waals surface area contributed by atoms with Crippen LogP contribution in [0.2, 0.25) is 0 Å². The van der Waals surface area contributed by atoms with E-state index >= 15 is 0 Å². The van der Waals surface area contributed by atoms with Crippen molar-refractivity contribution in [2.45, 2.75) is 26.2 Å². The van der Waals surface area contributed by atoms with E-state index in [0.29, 0.717) is 11.7 Å². The van der Waals surface area contributed by atoms with Gasteiger partial charge in [0, 0.05) is 5.31 Å². The molecule has 4 nitrogen and oxygen atoms in total. The molecule has 0 rings (SSSR count). The van der Waals surface area contributed by atoms with Gasteiger partial charge in [0.15, 0.2) is 0 Å². The van der Waals surface area contributed by atoms with Crippen molar-refractivity contribution >= 4 is 14.1 Å². The topological polar surface area (TPSA) is 78.2 Å². The van der Waals surface area contributed by atoms with Crippen LogP contribution in [0.3, 0.4) is 0 Å². The number of hydrogen-bond donors (Lipinski definition) is 2. The lowest BCUT2D eigenvalue weighted by Crippen LogP contribution is -1.73. The molecule has 0 saturated carbocycles. The van der Waals surface area contributed by atoms with Gasteiger partial charge in [-0.15, -0.1) is 0 Å². The zero-order valence-electron chi connectivity index (χ0n) is 7.09. The summed E-state index contributed by atoms with van der Waals surface area (Å²) in [7, 11) is -2.43. The highest BCUT2D eigenvalue weighted by Crippen LogP contribution is 2.28. The van der Waals surface area contributed by atoms with Crippen molar-refractivity contribution in [2.75, 3.05) is 0 Å². The summed E-state index contributed by atoms with van der Waals surface area (Å²) >= 11 is 0. The Morgan fingerprint density at radius 3 is 2.42 bits per heavy atom. The predicted molar refractivity (Wildman–Crippen MR) is 48.3 cm³/mol. The SMILES string of the molecule is C=C(CCCC)[PH](=O)O.N=C=O. The molecule has 12 heavy (non-hydrogen) atoms. The van der Waals surface area contributed by atoms with Crippen LogP contribution in [0.15, 0.2) is 11.9 Å². The summed E-state index contributed by atoms with van der Waals surface area (Å²) in [5.74, 6) is 0. The van der Waals surface area contributed by atoms with Crippen LogP contribution in [-0.4, -0.2) is 11.0 Å². The number of hydrogen-bond acceptors (Lipinski definition) is 3. The van der Waals surface area contributed by atoms with Gasteiger partial charge in [0.25, 0.3) is 0 Å². The molecule has 1 atom stereocenters. The largest absolute Gasteiger partial charge is 0.343 e. The molecule has 0 bridgehead atoms. The van der Waals surface area contributed by atoms with Crippen LogP contribution in [0, 0.1) is 5.41 Å². The van der Waals surface area contributed by atoms with Crippen molar-refractivity contribution in [3.63, 3.8) is 0 Å². The van der Waals surface area contributed by atoms with E-state index < -0.39 is 8.03 Å². The van der Waals surface area contributed by atoms with Gasteiger partial charge in [-0.2, -0.15) is 0 Å². The third-order valence-corrected chi connectivity index (χ3v) is 1.99. The Hall–Kier alpha value is -0.690. The second-order valence-electron chi connectivity index (χ2n) is 2.11. The predicted octanol–water partition coefficient (Wildman–Crippen LogP) is 2.06. The molecule has 0 fully saturated rings. The number of isocyanates is 1. The first kappa shape index (κ1) is 13.9. The van der Waals surface area contributed by atoms with E-state index in [-0.39, 0.29) is 0 Å². The Morgan fingerprint density at radius 2 is 2.17 bits per heavy atom. The summed E-state index contributed by atoms with van der Waals surface area (Å²) in [4.78, 5) is 16.8. The average Bonchev–Trinajstić information content (AvgIpc) is 2.01. The molecule has 1 unspecified atom stereocenters. The second-order valence-corrected chi connectivity index (χ2v) is 3.43. The monoisotopic (exact) mass is 191 g/mol. The number of nitrogens with one attached hydrogen (secondary N) is 1. The highest BCUT2D eigenvalue weighted by Gasteiger charge is 1.97. The standard InChI is InChI=1S/C6H13O2P.CHNO/c1-3-4-5-6(2)9(7)8;2-1-3/h9H,2-5H2,1H3,(H,7,8);2H. The van der Waals surface area contributed by atoms with Crippen molar-refractivity contribution in [1.82, 2.24) is 0 Å². The molecule has 0 aromatic carbocycles. The highest BCUT2D eigenvalue weighted by atomic mass is 31.1. The number of allylic oxidation sites excluding steroid dienone is 1. The minimum Gasteiger partial charge on any atom is -0.343 e. The first-order valence-electron chi connectivity index (χ1n) is 3.55. The summed E-state index contributed by atoms with van der Waals surface area (Å²) in [6.07, 6.45) is 3.47. The molecule has 0 aliphatic carbocycles. The van der Waals surface area contributed by atoms with Crippen molar-refractivity contribution in [1.29, 1.82) is 5.41 Å². The van der Waals surface area contributed by atoms with Gasteiger partial charge >= 0.3 is 0 Å². The molecule has 0 aromatic rings. The summed E-state index contributed by atoms with van der Waals surface area (Å²) < 4.78 is 10.3. The molecule has 0 aliphatic heterocycles. The van der Waals surface area contributed by atoms with Gasteiger partial charge < -0.3 is 4.89 Å².